The molecule has 0 bridgehead atoms. The Morgan fingerprint density at radius 1 is 1.40 bits per heavy atom. The molecule has 0 amide bonds. The number of esters is 1. The second-order valence-corrected chi connectivity index (χ2v) is 8.03. The van der Waals surface area contributed by atoms with E-state index in [1.807, 2.05) is 0 Å². The molecule has 110 valence electrons. The second-order valence-electron chi connectivity index (χ2n) is 4.94. The molecular formula is C14H17IO4S. The monoisotopic (exact) mass is 408 g/mol. The van der Waals surface area contributed by atoms with Gasteiger partial charge in [-0.15, -0.1) is 0 Å². The Bertz CT molecular complexity index is 584. The van der Waals surface area contributed by atoms with Crippen molar-refractivity contribution in [1.29, 1.82) is 0 Å². The predicted molar refractivity (Wildman–Crippen MR) is 84.6 cm³/mol. The summed E-state index contributed by atoms with van der Waals surface area (Å²) in [5, 5.41) is 0. The average Bonchev–Trinajstić information content (AvgIpc) is 2.92. The summed E-state index contributed by atoms with van der Waals surface area (Å²) in [6, 6.07) is 8.19. The van der Waals surface area contributed by atoms with E-state index in [0.717, 1.165) is 12.8 Å². The van der Waals surface area contributed by atoms with E-state index in [1.54, 1.807) is 30.3 Å². The van der Waals surface area contributed by atoms with Crippen LogP contribution in [0.4, 0.5) is 0 Å². The number of carbonyl (C=O) groups excluding carboxylic acids is 1. The summed E-state index contributed by atoms with van der Waals surface area (Å²) in [7, 11) is -2.50. The van der Waals surface area contributed by atoms with E-state index in [9.17, 15) is 13.2 Å². The lowest BCUT2D eigenvalue weighted by molar-refractivity contribution is -0.144. The van der Waals surface area contributed by atoms with Crippen molar-refractivity contribution in [3.8, 4) is 0 Å². The molecule has 20 heavy (non-hydrogen) atoms. The van der Waals surface area contributed by atoms with Crippen LogP contribution < -0.4 is 0 Å². The van der Waals surface area contributed by atoms with E-state index in [0.29, 0.717) is 10.8 Å². The number of halogens is 1. The van der Waals surface area contributed by atoms with Gasteiger partial charge in [0, 0.05) is 4.43 Å². The first-order valence-corrected chi connectivity index (χ1v) is 9.45. The van der Waals surface area contributed by atoms with Crippen molar-refractivity contribution in [1.82, 2.24) is 0 Å². The van der Waals surface area contributed by atoms with Gasteiger partial charge >= 0.3 is 5.97 Å². The van der Waals surface area contributed by atoms with E-state index in [2.05, 4.69) is 22.6 Å². The van der Waals surface area contributed by atoms with Gasteiger partial charge < -0.3 is 4.74 Å². The Kier molecular flexibility index (Phi) is 4.73. The molecule has 0 spiro atoms. The van der Waals surface area contributed by atoms with Crippen molar-refractivity contribution in [2.75, 3.05) is 11.5 Å². The molecule has 0 saturated heterocycles. The smallest absolute Gasteiger partial charge is 0.327 e. The summed E-state index contributed by atoms with van der Waals surface area (Å²) >= 11 is 2.15. The number of alkyl halides is 1. The van der Waals surface area contributed by atoms with Crippen LogP contribution in [0.2, 0.25) is 0 Å². The Balaban J connectivity index is 2.61. The van der Waals surface area contributed by atoms with Crippen molar-refractivity contribution >= 4 is 38.4 Å². The number of hydrogen-bond acceptors (Lipinski definition) is 4. The quantitative estimate of drug-likeness (QED) is 0.437. The van der Waals surface area contributed by atoms with Gasteiger partial charge in [-0.05, 0) is 30.9 Å². The fourth-order valence-corrected chi connectivity index (χ4v) is 6.75. The maximum atomic E-state index is 13.0. The average molecular weight is 408 g/mol. The third-order valence-electron chi connectivity index (χ3n) is 4.01. The van der Waals surface area contributed by atoms with Crippen molar-refractivity contribution in [2.45, 2.75) is 28.9 Å². The maximum Gasteiger partial charge on any atom is 0.327 e. The SMILES string of the molecule is COC(=O)C1(S(=O)(=O)c2ccccc2)CCCC1CI. The molecule has 0 N–H and O–H groups in total. The Morgan fingerprint density at radius 3 is 2.60 bits per heavy atom. The maximum absolute atomic E-state index is 13.0. The first-order chi connectivity index (χ1) is 9.50. The Morgan fingerprint density at radius 2 is 2.05 bits per heavy atom. The molecule has 2 rings (SSSR count). The van der Waals surface area contributed by atoms with Crippen LogP contribution in [0.25, 0.3) is 0 Å². The van der Waals surface area contributed by atoms with Crippen molar-refractivity contribution in [3.63, 3.8) is 0 Å². The summed E-state index contributed by atoms with van der Waals surface area (Å²) in [5.74, 6) is -0.818. The van der Waals surface area contributed by atoms with E-state index >= 15 is 0 Å². The summed E-state index contributed by atoms with van der Waals surface area (Å²) in [6.07, 6.45) is 1.81. The van der Waals surface area contributed by atoms with Gasteiger partial charge in [-0.25, -0.2) is 8.42 Å². The van der Waals surface area contributed by atoms with Crippen LogP contribution in [0.15, 0.2) is 35.2 Å². The molecular weight excluding hydrogens is 391 g/mol. The van der Waals surface area contributed by atoms with Crippen LogP contribution in [0.5, 0.6) is 0 Å². The van der Waals surface area contributed by atoms with Crippen molar-refractivity contribution < 1.29 is 17.9 Å². The molecule has 1 fully saturated rings. The summed E-state index contributed by atoms with van der Waals surface area (Å²) in [5.41, 5.74) is 0. The molecule has 1 saturated carbocycles. The van der Waals surface area contributed by atoms with Crippen LogP contribution >= 0.6 is 22.6 Å². The van der Waals surface area contributed by atoms with Gasteiger partial charge in [0.05, 0.1) is 12.0 Å². The highest BCUT2D eigenvalue weighted by Gasteiger charge is 2.59. The first kappa shape index (κ1) is 15.8. The van der Waals surface area contributed by atoms with E-state index < -0.39 is 20.6 Å². The number of hydrogen-bond donors (Lipinski definition) is 0. The molecule has 1 aromatic rings. The van der Waals surface area contributed by atoms with Gasteiger partial charge in [-0.2, -0.15) is 0 Å². The van der Waals surface area contributed by atoms with Gasteiger partial charge in [-0.3, -0.25) is 4.79 Å². The zero-order valence-corrected chi connectivity index (χ0v) is 14.2. The molecule has 4 nitrogen and oxygen atoms in total. The van der Waals surface area contributed by atoms with Gasteiger partial charge in [0.15, 0.2) is 14.6 Å². The lowest BCUT2D eigenvalue weighted by Gasteiger charge is -2.31. The van der Waals surface area contributed by atoms with E-state index in [1.165, 1.54) is 7.11 Å². The van der Waals surface area contributed by atoms with Crippen LogP contribution in [0, 0.1) is 5.92 Å². The zero-order chi connectivity index (χ0) is 14.8. The molecule has 2 unspecified atom stereocenters. The predicted octanol–water partition coefficient (Wildman–Crippen LogP) is 2.61. The molecule has 1 aliphatic carbocycles. The van der Waals surface area contributed by atoms with Crippen LogP contribution in [-0.2, 0) is 19.4 Å². The molecule has 1 aromatic carbocycles. The zero-order valence-electron chi connectivity index (χ0n) is 11.2. The van der Waals surface area contributed by atoms with Crippen LogP contribution in [0.1, 0.15) is 19.3 Å². The van der Waals surface area contributed by atoms with Gasteiger partial charge in [-0.1, -0.05) is 47.2 Å². The van der Waals surface area contributed by atoms with Crippen LogP contribution in [0.3, 0.4) is 0 Å². The van der Waals surface area contributed by atoms with E-state index in [-0.39, 0.29) is 10.8 Å². The minimum atomic E-state index is -3.75. The molecule has 0 radical (unpaired) electrons. The van der Waals surface area contributed by atoms with E-state index in [4.69, 9.17) is 4.74 Å². The van der Waals surface area contributed by atoms with Gasteiger partial charge in [0.25, 0.3) is 0 Å². The number of ether oxygens (including phenoxy) is 1. The Labute approximate surface area is 133 Å². The Hall–Kier alpha value is -0.630. The van der Waals surface area contributed by atoms with Crippen molar-refractivity contribution in [2.24, 2.45) is 5.92 Å². The van der Waals surface area contributed by atoms with Crippen molar-refractivity contribution in [3.05, 3.63) is 30.3 Å². The molecule has 2 atom stereocenters. The number of methoxy groups -OCH3 is 1. The largest absolute Gasteiger partial charge is 0.468 e. The summed E-state index contributed by atoms with van der Waals surface area (Å²) in [6.45, 7) is 0. The minimum absolute atomic E-state index is 0.194. The molecule has 0 aliphatic heterocycles. The molecule has 0 aromatic heterocycles. The standard InChI is InChI=1S/C14H17IO4S/c1-19-13(16)14(9-5-6-11(14)10-15)20(17,18)12-7-3-2-4-8-12/h2-4,7-8,11H,5-6,9-10H2,1H3. The second kappa shape index (κ2) is 6.01. The third kappa shape index (κ3) is 2.26. The highest BCUT2D eigenvalue weighted by atomic mass is 127. The normalized spacial score (nSPS) is 26.4. The molecule has 1 aliphatic rings. The highest BCUT2D eigenvalue weighted by Crippen LogP contribution is 2.46. The molecule has 0 heterocycles. The third-order valence-corrected chi connectivity index (χ3v) is 7.63. The van der Waals surface area contributed by atoms with Gasteiger partial charge in [0.1, 0.15) is 0 Å². The lowest BCUT2D eigenvalue weighted by atomic mass is 9.97. The lowest BCUT2D eigenvalue weighted by Crippen LogP contribution is -2.50. The fourth-order valence-electron chi connectivity index (χ4n) is 2.97. The number of sulfone groups is 1. The highest BCUT2D eigenvalue weighted by molar-refractivity contribution is 14.1. The van der Waals surface area contributed by atoms with Crippen LogP contribution in [-0.4, -0.2) is 30.7 Å². The number of benzene rings is 1. The summed E-state index contributed by atoms with van der Waals surface area (Å²) < 4.78 is 30.1. The minimum Gasteiger partial charge on any atom is -0.468 e. The number of carbonyl (C=O) groups is 1. The van der Waals surface area contributed by atoms with Gasteiger partial charge in [0.2, 0.25) is 0 Å². The summed E-state index contributed by atoms with van der Waals surface area (Å²) in [4.78, 5) is 12.5. The topological polar surface area (TPSA) is 60.4 Å². The first-order valence-electron chi connectivity index (χ1n) is 6.44. The fraction of sp³-hybridized carbons (Fsp3) is 0.500. The number of rotatable bonds is 4. The molecule has 6 heteroatoms.